The van der Waals surface area contributed by atoms with E-state index in [1.807, 2.05) is 23.3 Å². The van der Waals surface area contributed by atoms with Gasteiger partial charge in [-0.1, -0.05) is 0 Å². The molecule has 5 heteroatoms. The van der Waals surface area contributed by atoms with E-state index in [2.05, 4.69) is 48.7 Å². The van der Waals surface area contributed by atoms with Gasteiger partial charge in [0.25, 0.3) is 0 Å². The van der Waals surface area contributed by atoms with E-state index in [1.165, 1.54) is 11.1 Å². The molecule has 0 saturated heterocycles. The normalized spacial score (nSPS) is 12.9. The van der Waals surface area contributed by atoms with Gasteiger partial charge < -0.3 is 5.32 Å². The molecular weight excluding hydrogens is 238 g/mol. The van der Waals surface area contributed by atoms with Gasteiger partial charge in [0.2, 0.25) is 0 Å². The van der Waals surface area contributed by atoms with Crippen LogP contribution in [0.2, 0.25) is 0 Å². The SMILES string of the molecule is CCn1cc(CNC(C)c2cn(C)nc2C)c(C)n1. The molecule has 0 spiro atoms. The van der Waals surface area contributed by atoms with Gasteiger partial charge in [-0.2, -0.15) is 10.2 Å². The zero-order valence-corrected chi connectivity index (χ0v) is 12.4. The van der Waals surface area contributed by atoms with E-state index in [-0.39, 0.29) is 6.04 Å². The fourth-order valence-electron chi connectivity index (χ4n) is 2.31. The molecule has 2 rings (SSSR count). The van der Waals surface area contributed by atoms with Crippen LogP contribution < -0.4 is 5.32 Å². The summed E-state index contributed by atoms with van der Waals surface area (Å²) in [5.74, 6) is 0. The quantitative estimate of drug-likeness (QED) is 0.896. The topological polar surface area (TPSA) is 47.7 Å². The van der Waals surface area contributed by atoms with Gasteiger partial charge in [0.1, 0.15) is 0 Å². The number of hydrogen-bond donors (Lipinski definition) is 1. The predicted octanol–water partition coefficient (Wildman–Crippen LogP) is 2.10. The van der Waals surface area contributed by atoms with Crippen molar-refractivity contribution in [2.24, 2.45) is 7.05 Å². The maximum absolute atomic E-state index is 4.46. The second-order valence-electron chi connectivity index (χ2n) is 5.04. The molecule has 2 heterocycles. The van der Waals surface area contributed by atoms with Crippen LogP contribution in [-0.4, -0.2) is 19.6 Å². The van der Waals surface area contributed by atoms with Crippen molar-refractivity contribution in [2.45, 2.75) is 46.8 Å². The smallest absolute Gasteiger partial charge is 0.0641 e. The molecule has 104 valence electrons. The zero-order chi connectivity index (χ0) is 14.0. The highest BCUT2D eigenvalue weighted by molar-refractivity contribution is 5.20. The van der Waals surface area contributed by atoms with Crippen LogP contribution in [0, 0.1) is 13.8 Å². The highest BCUT2D eigenvalue weighted by Crippen LogP contribution is 2.16. The van der Waals surface area contributed by atoms with E-state index in [4.69, 9.17) is 0 Å². The van der Waals surface area contributed by atoms with Gasteiger partial charge in [-0.15, -0.1) is 0 Å². The summed E-state index contributed by atoms with van der Waals surface area (Å²) in [7, 11) is 1.96. The van der Waals surface area contributed by atoms with Crippen molar-refractivity contribution in [2.75, 3.05) is 0 Å². The van der Waals surface area contributed by atoms with Crippen LogP contribution in [0.25, 0.3) is 0 Å². The van der Waals surface area contributed by atoms with E-state index in [0.717, 1.165) is 24.5 Å². The van der Waals surface area contributed by atoms with Gasteiger partial charge >= 0.3 is 0 Å². The second-order valence-corrected chi connectivity index (χ2v) is 5.04. The molecule has 2 aromatic heterocycles. The molecule has 5 nitrogen and oxygen atoms in total. The Morgan fingerprint density at radius 3 is 2.47 bits per heavy atom. The number of aromatic nitrogens is 4. The molecule has 0 bridgehead atoms. The Morgan fingerprint density at radius 1 is 1.21 bits per heavy atom. The number of aryl methyl sites for hydroxylation is 4. The predicted molar refractivity (Wildman–Crippen MR) is 75.8 cm³/mol. The summed E-state index contributed by atoms with van der Waals surface area (Å²) >= 11 is 0. The largest absolute Gasteiger partial charge is 0.306 e. The van der Waals surface area contributed by atoms with E-state index in [0.29, 0.717) is 0 Å². The molecule has 0 radical (unpaired) electrons. The van der Waals surface area contributed by atoms with Crippen molar-refractivity contribution < 1.29 is 0 Å². The Labute approximate surface area is 114 Å². The summed E-state index contributed by atoms with van der Waals surface area (Å²) in [6.45, 7) is 10.1. The van der Waals surface area contributed by atoms with Gasteiger partial charge in [0, 0.05) is 49.7 Å². The average molecular weight is 261 g/mol. The fourth-order valence-corrected chi connectivity index (χ4v) is 2.31. The molecule has 1 N–H and O–H groups in total. The van der Waals surface area contributed by atoms with Crippen molar-refractivity contribution in [3.63, 3.8) is 0 Å². The maximum atomic E-state index is 4.46. The Hall–Kier alpha value is -1.62. The summed E-state index contributed by atoms with van der Waals surface area (Å²) in [5.41, 5.74) is 4.70. The summed E-state index contributed by atoms with van der Waals surface area (Å²) in [4.78, 5) is 0. The Kier molecular flexibility index (Phi) is 4.04. The third-order valence-electron chi connectivity index (χ3n) is 3.49. The van der Waals surface area contributed by atoms with Gasteiger partial charge in [-0.05, 0) is 27.7 Å². The molecule has 2 aromatic rings. The molecule has 0 fully saturated rings. The van der Waals surface area contributed by atoms with Crippen LogP contribution >= 0.6 is 0 Å². The first kappa shape index (κ1) is 13.8. The minimum absolute atomic E-state index is 0.290. The first-order chi connectivity index (χ1) is 9.01. The average Bonchev–Trinajstić information content (AvgIpc) is 2.89. The fraction of sp³-hybridized carbons (Fsp3) is 0.571. The summed E-state index contributed by atoms with van der Waals surface area (Å²) < 4.78 is 3.84. The molecule has 1 atom stereocenters. The van der Waals surface area contributed by atoms with Gasteiger partial charge in [-0.3, -0.25) is 9.36 Å². The van der Waals surface area contributed by atoms with Crippen LogP contribution in [0.5, 0.6) is 0 Å². The van der Waals surface area contributed by atoms with Crippen molar-refractivity contribution in [1.82, 2.24) is 24.9 Å². The lowest BCUT2D eigenvalue weighted by Crippen LogP contribution is -2.18. The molecular formula is C14H23N5. The molecule has 1 unspecified atom stereocenters. The van der Waals surface area contributed by atoms with Crippen LogP contribution in [0.4, 0.5) is 0 Å². The first-order valence-corrected chi connectivity index (χ1v) is 6.77. The molecule has 0 saturated carbocycles. The number of rotatable bonds is 5. The van der Waals surface area contributed by atoms with Crippen LogP contribution in [-0.2, 0) is 20.1 Å². The van der Waals surface area contributed by atoms with Crippen molar-refractivity contribution in [3.05, 3.63) is 34.9 Å². The van der Waals surface area contributed by atoms with E-state index >= 15 is 0 Å². The Balaban J connectivity index is 2.02. The third-order valence-corrected chi connectivity index (χ3v) is 3.49. The van der Waals surface area contributed by atoms with Gasteiger partial charge in [0.15, 0.2) is 0 Å². The number of nitrogens with zero attached hydrogens (tertiary/aromatic N) is 4. The highest BCUT2D eigenvalue weighted by atomic mass is 15.3. The molecule has 0 aliphatic rings. The third kappa shape index (κ3) is 3.04. The second kappa shape index (κ2) is 5.57. The number of hydrogen-bond acceptors (Lipinski definition) is 3. The van der Waals surface area contributed by atoms with E-state index in [9.17, 15) is 0 Å². The van der Waals surface area contributed by atoms with Crippen molar-refractivity contribution in [3.8, 4) is 0 Å². The van der Waals surface area contributed by atoms with Crippen molar-refractivity contribution >= 4 is 0 Å². The molecule has 0 amide bonds. The van der Waals surface area contributed by atoms with Gasteiger partial charge in [-0.25, -0.2) is 0 Å². The van der Waals surface area contributed by atoms with Crippen molar-refractivity contribution in [1.29, 1.82) is 0 Å². The molecule has 0 aromatic carbocycles. The van der Waals surface area contributed by atoms with Crippen LogP contribution in [0.15, 0.2) is 12.4 Å². The molecule has 19 heavy (non-hydrogen) atoms. The minimum Gasteiger partial charge on any atom is -0.306 e. The monoisotopic (exact) mass is 261 g/mol. The summed E-state index contributed by atoms with van der Waals surface area (Å²) in [6.07, 6.45) is 4.19. The lowest BCUT2D eigenvalue weighted by molar-refractivity contribution is 0.570. The number of nitrogens with one attached hydrogen (secondary N) is 1. The van der Waals surface area contributed by atoms with Crippen LogP contribution in [0.3, 0.4) is 0 Å². The molecule has 0 aliphatic heterocycles. The Bertz CT molecular complexity index is 552. The standard InChI is InChI=1S/C14H23N5/c1-6-19-8-13(10(2)17-19)7-15-11(3)14-9-18(5)16-12(14)4/h8-9,11,15H,6-7H2,1-5H3. The van der Waals surface area contributed by atoms with Crippen LogP contribution in [0.1, 0.15) is 42.4 Å². The maximum Gasteiger partial charge on any atom is 0.0641 e. The lowest BCUT2D eigenvalue weighted by atomic mass is 10.1. The van der Waals surface area contributed by atoms with Gasteiger partial charge in [0.05, 0.1) is 11.4 Å². The van der Waals surface area contributed by atoms with E-state index < -0.39 is 0 Å². The molecule has 0 aliphatic carbocycles. The summed E-state index contributed by atoms with van der Waals surface area (Å²) in [5, 5.41) is 12.4. The highest BCUT2D eigenvalue weighted by Gasteiger charge is 2.12. The summed E-state index contributed by atoms with van der Waals surface area (Å²) in [6, 6.07) is 0.290. The van der Waals surface area contributed by atoms with E-state index in [1.54, 1.807) is 0 Å². The minimum atomic E-state index is 0.290. The first-order valence-electron chi connectivity index (χ1n) is 6.77. The zero-order valence-electron chi connectivity index (χ0n) is 12.4. The lowest BCUT2D eigenvalue weighted by Gasteiger charge is -2.12. The Morgan fingerprint density at radius 2 is 1.95 bits per heavy atom.